The molecule has 2 aliphatic heterocycles. The van der Waals surface area contributed by atoms with Crippen molar-refractivity contribution in [3.63, 3.8) is 0 Å². The number of aliphatic hydroxyl groups excluding tert-OH is 7. The first kappa shape index (κ1) is 28.2. The fourth-order valence-corrected chi connectivity index (χ4v) is 5.11. The minimum absolute atomic E-state index is 0.0767. The number of aliphatic hydroxyl groups is 7. The first-order valence-electron chi connectivity index (χ1n) is 12.3. The van der Waals surface area contributed by atoms with Gasteiger partial charge in [0.25, 0.3) is 0 Å². The lowest BCUT2D eigenvalue weighted by atomic mass is 9.85. The van der Waals surface area contributed by atoms with Gasteiger partial charge in [-0.1, -0.05) is 0 Å². The number of hydrogen-bond acceptors (Lipinski definition) is 14. The van der Waals surface area contributed by atoms with Crippen molar-refractivity contribution >= 4 is 11.0 Å². The molecule has 0 unspecified atom stereocenters. The van der Waals surface area contributed by atoms with Crippen LogP contribution in [0.4, 0.5) is 0 Å². The zero-order chi connectivity index (χ0) is 29.0. The Kier molecular flexibility index (Phi) is 7.47. The Balaban J connectivity index is 1.81. The maximum absolute atomic E-state index is 13.4. The average molecular weight is 564 g/mol. The highest BCUT2D eigenvalue weighted by Crippen LogP contribution is 2.50. The highest BCUT2D eigenvalue weighted by atomic mass is 16.5. The normalized spacial score (nSPS) is 32.8. The second-order valence-corrected chi connectivity index (χ2v) is 9.80. The van der Waals surface area contributed by atoms with Crippen LogP contribution in [0.3, 0.4) is 0 Å². The lowest BCUT2D eigenvalue weighted by molar-refractivity contribution is -0.231. The monoisotopic (exact) mass is 564 g/mol. The van der Waals surface area contributed by atoms with Crippen LogP contribution >= 0.6 is 0 Å². The minimum atomic E-state index is -1.96. The van der Waals surface area contributed by atoms with Gasteiger partial charge in [0.05, 0.1) is 24.3 Å². The summed E-state index contributed by atoms with van der Waals surface area (Å²) in [7, 11) is 0. The van der Waals surface area contributed by atoms with Gasteiger partial charge in [-0.2, -0.15) is 0 Å². The molecule has 10 N–H and O–H groups in total. The Morgan fingerprint density at radius 1 is 0.775 bits per heavy atom. The van der Waals surface area contributed by atoms with Crippen LogP contribution in [0.1, 0.15) is 23.3 Å². The molecule has 216 valence electrons. The van der Waals surface area contributed by atoms with Gasteiger partial charge in [0.2, 0.25) is 0 Å². The predicted octanol–water partition coefficient (Wildman–Crippen LogP) is -1.75. The lowest BCUT2D eigenvalue weighted by Crippen LogP contribution is -2.55. The third kappa shape index (κ3) is 4.49. The van der Waals surface area contributed by atoms with E-state index in [-0.39, 0.29) is 11.5 Å². The van der Waals surface area contributed by atoms with Crippen LogP contribution in [0.25, 0.3) is 22.3 Å². The summed E-state index contributed by atoms with van der Waals surface area (Å²) < 4.78 is 16.9. The number of phenols is 3. The molecule has 0 spiro atoms. The van der Waals surface area contributed by atoms with Gasteiger partial charge < -0.3 is 65.0 Å². The summed E-state index contributed by atoms with van der Waals surface area (Å²) in [5.74, 6) is -2.00. The maximum Gasteiger partial charge on any atom is 0.197 e. The van der Waals surface area contributed by atoms with Crippen molar-refractivity contribution in [2.75, 3.05) is 13.2 Å². The van der Waals surface area contributed by atoms with Crippen LogP contribution < -0.4 is 5.43 Å². The van der Waals surface area contributed by atoms with Crippen molar-refractivity contribution in [3.05, 3.63) is 51.7 Å². The minimum Gasteiger partial charge on any atom is -0.508 e. The zero-order valence-corrected chi connectivity index (χ0v) is 20.6. The van der Waals surface area contributed by atoms with Gasteiger partial charge in [-0.05, 0) is 24.3 Å². The van der Waals surface area contributed by atoms with Gasteiger partial charge in [-0.15, -0.1) is 0 Å². The molecule has 0 amide bonds. The summed E-state index contributed by atoms with van der Waals surface area (Å²) in [4.78, 5) is 13.4. The summed E-state index contributed by atoms with van der Waals surface area (Å²) in [5.41, 5.74) is -2.19. The van der Waals surface area contributed by atoms with Gasteiger partial charge >= 0.3 is 0 Å². The molecule has 2 aliphatic rings. The average Bonchev–Trinajstić information content (AvgIpc) is 2.92. The van der Waals surface area contributed by atoms with E-state index in [9.17, 15) is 55.9 Å². The molecule has 0 saturated carbocycles. The molecule has 40 heavy (non-hydrogen) atoms. The molecular formula is C26H28O14. The molecule has 2 aromatic carbocycles. The quantitative estimate of drug-likeness (QED) is 0.169. The van der Waals surface area contributed by atoms with Crippen LogP contribution in [0.2, 0.25) is 0 Å². The number of aromatic hydroxyl groups is 3. The standard InChI is InChI=1S/C26H28O14/c27-6-13-18(32)21(35)23(37)26(40-13)16-20(34)15(25-22(36)17(31)11(30)7-38-25)19(33)14-10(29)5-12(39-24(14)16)8-1-3-9(28)4-2-8/h1-5,11,13,17-18,21-23,25-28,30-37H,6-7H2/t11-,13-,17-,18+,21+,22+,23-,25-,26-/m1/s1. The van der Waals surface area contributed by atoms with E-state index < -0.39 is 107 Å². The number of fused-ring (bicyclic) bond motifs is 1. The Hall–Kier alpha value is -3.31. The van der Waals surface area contributed by atoms with Crippen molar-refractivity contribution in [2.24, 2.45) is 0 Å². The summed E-state index contributed by atoms with van der Waals surface area (Å²) >= 11 is 0. The molecule has 3 heterocycles. The van der Waals surface area contributed by atoms with E-state index in [1.165, 1.54) is 24.3 Å². The molecule has 14 nitrogen and oxygen atoms in total. The van der Waals surface area contributed by atoms with E-state index in [1.807, 2.05) is 0 Å². The summed E-state index contributed by atoms with van der Waals surface area (Å²) in [6, 6.07) is 6.47. The lowest BCUT2D eigenvalue weighted by Gasteiger charge is -2.41. The smallest absolute Gasteiger partial charge is 0.197 e. The van der Waals surface area contributed by atoms with Gasteiger partial charge in [0, 0.05) is 11.6 Å². The molecular weight excluding hydrogens is 536 g/mol. The van der Waals surface area contributed by atoms with E-state index in [1.54, 1.807) is 0 Å². The summed E-state index contributed by atoms with van der Waals surface area (Å²) in [6.07, 6.45) is -15.7. The van der Waals surface area contributed by atoms with Crippen molar-refractivity contribution in [1.82, 2.24) is 0 Å². The highest BCUT2D eigenvalue weighted by Gasteiger charge is 2.48. The first-order valence-corrected chi connectivity index (χ1v) is 12.3. The molecule has 0 bridgehead atoms. The van der Waals surface area contributed by atoms with E-state index in [4.69, 9.17) is 13.9 Å². The van der Waals surface area contributed by atoms with Crippen LogP contribution in [-0.2, 0) is 9.47 Å². The van der Waals surface area contributed by atoms with E-state index >= 15 is 0 Å². The molecule has 2 fully saturated rings. The van der Waals surface area contributed by atoms with Crippen LogP contribution in [0, 0.1) is 0 Å². The molecule has 0 aliphatic carbocycles. The summed E-state index contributed by atoms with van der Waals surface area (Å²) in [5, 5.41) is 104. The molecule has 14 heteroatoms. The van der Waals surface area contributed by atoms with Crippen molar-refractivity contribution < 1.29 is 65.0 Å². The number of phenolic OH excluding ortho intramolecular Hbond substituents is 3. The zero-order valence-electron chi connectivity index (χ0n) is 20.6. The number of benzene rings is 2. The molecule has 2 saturated heterocycles. The summed E-state index contributed by atoms with van der Waals surface area (Å²) in [6.45, 7) is -1.34. The number of rotatable bonds is 4. The second-order valence-electron chi connectivity index (χ2n) is 9.80. The highest BCUT2D eigenvalue weighted by molar-refractivity contribution is 5.92. The van der Waals surface area contributed by atoms with Crippen molar-refractivity contribution in [1.29, 1.82) is 0 Å². The van der Waals surface area contributed by atoms with E-state index in [2.05, 4.69) is 0 Å². The van der Waals surface area contributed by atoms with E-state index in [0.29, 0.717) is 5.56 Å². The molecule has 9 atom stereocenters. The number of hydrogen-bond donors (Lipinski definition) is 10. The SMILES string of the molecule is O=c1cc(-c2ccc(O)cc2)oc2c([C@H]3O[C@H](CO)[C@H](O)[C@H](O)[C@H]3O)c(O)c([C@H]3OC[C@@H](O)[C@@H](O)[C@@H]3O)c(O)c12. The molecule has 3 aromatic rings. The molecule has 0 radical (unpaired) electrons. The predicted molar refractivity (Wildman–Crippen MR) is 132 cm³/mol. The molecule has 1 aromatic heterocycles. The van der Waals surface area contributed by atoms with Crippen LogP contribution in [-0.4, -0.2) is 107 Å². The van der Waals surface area contributed by atoms with Gasteiger partial charge in [0.15, 0.2) is 11.0 Å². The third-order valence-corrected chi connectivity index (χ3v) is 7.31. The van der Waals surface area contributed by atoms with E-state index in [0.717, 1.165) is 6.07 Å². The van der Waals surface area contributed by atoms with Gasteiger partial charge in [-0.25, -0.2) is 0 Å². The van der Waals surface area contributed by atoms with Crippen molar-refractivity contribution in [2.45, 2.75) is 54.9 Å². The van der Waals surface area contributed by atoms with Gasteiger partial charge in [0.1, 0.15) is 83.3 Å². The Labute approximate surface area is 224 Å². The van der Waals surface area contributed by atoms with Crippen molar-refractivity contribution in [3.8, 4) is 28.6 Å². The maximum atomic E-state index is 13.4. The fourth-order valence-electron chi connectivity index (χ4n) is 5.11. The largest absolute Gasteiger partial charge is 0.508 e. The number of ether oxygens (including phenoxy) is 2. The Morgan fingerprint density at radius 3 is 2.08 bits per heavy atom. The molecule has 5 rings (SSSR count). The Bertz CT molecular complexity index is 1450. The van der Waals surface area contributed by atoms with Crippen LogP contribution in [0.15, 0.2) is 39.5 Å². The second kappa shape index (κ2) is 10.6. The van der Waals surface area contributed by atoms with Gasteiger partial charge in [-0.3, -0.25) is 4.79 Å². The third-order valence-electron chi connectivity index (χ3n) is 7.31. The fraction of sp³-hybridized carbons (Fsp3) is 0.423. The Morgan fingerprint density at radius 2 is 1.43 bits per heavy atom. The first-order chi connectivity index (χ1) is 19.0. The topological polar surface area (TPSA) is 251 Å². The van der Waals surface area contributed by atoms with Crippen LogP contribution in [0.5, 0.6) is 17.2 Å².